The van der Waals surface area contributed by atoms with Crippen LogP contribution in [0, 0.1) is 17.2 Å². The van der Waals surface area contributed by atoms with Gasteiger partial charge in [-0.2, -0.15) is 5.26 Å². The number of nitrogens with zero attached hydrogens (tertiary/aromatic N) is 1. The average Bonchev–Trinajstić information content (AvgIpc) is 2.49. The van der Waals surface area contributed by atoms with Crippen molar-refractivity contribution in [2.75, 3.05) is 6.54 Å². The third kappa shape index (κ3) is 3.16. The van der Waals surface area contributed by atoms with Crippen LogP contribution in [0.5, 0.6) is 0 Å². The Kier molecular flexibility index (Phi) is 4.73. The zero-order valence-electron chi connectivity index (χ0n) is 11.6. The molecule has 3 nitrogen and oxygen atoms in total. The smallest absolute Gasteiger partial charge is 0.237 e. The number of nitriles is 1. The van der Waals surface area contributed by atoms with Gasteiger partial charge >= 0.3 is 0 Å². The first-order chi connectivity index (χ1) is 9.76. The van der Waals surface area contributed by atoms with Gasteiger partial charge in [0.2, 0.25) is 5.91 Å². The Balaban J connectivity index is 2.00. The number of carbonyl (C=O) groups is 1. The van der Waals surface area contributed by atoms with E-state index in [1.807, 2.05) is 31.2 Å². The van der Waals surface area contributed by atoms with Gasteiger partial charge in [-0.1, -0.05) is 49.4 Å². The van der Waals surface area contributed by atoms with Crippen LogP contribution in [-0.4, -0.2) is 12.5 Å². The number of carbonyl (C=O) groups excluding carboxylic acids is 1. The summed E-state index contributed by atoms with van der Waals surface area (Å²) in [5, 5.41) is 14.1. The highest BCUT2D eigenvalue weighted by Crippen LogP contribution is 2.18. The molecular formula is C17H18N2O. The van der Waals surface area contributed by atoms with Crippen LogP contribution in [0.25, 0.3) is 10.8 Å². The highest BCUT2D eigenvalue weighted by atomic mass is 16.1. The van der Waals surface area contributed by atoms with Crippen LogP contribution in [0.3, 0.4) is 0 Å². The summed E-state index contributed by atoms with van der Waals surface area (Å²) in [4.78, 5) is 11.7. The van der Waals surface area contributed by atoms with E-state index in [0.29, 0.717) is 13.0 Å². The third-order valence-electron chi connectivity index (χ3n) is 3.45. The summed E-state index contributed by atoms with van der Waals surface area (Å²) >= 11 is 0. The van der Waals surface area contributed by atoms with E-state index in [1.54, 1.807) is 0 Å². The maximum Gasteiger partial charge on any atom is 0.237 e. The van der Waals surface area contributed by atoms with Crippen LogP contribution in [0.4, 0.5) is 0 Å². The molecule has 1 N–H and O–H groups in total. The summed E-state index contributed by atoms with van der Waals surface area (Å²) in [5.74, 6) is -0.710. The number of hydrogen-bond acceptors (Lipinski definition) is 2. The van der Waals surface area contributed by atoms with Crippen molar-refractivity contribution >= 4 is 16.7 Å². The van der Waals surface area contributed by atoms with E-state index in [0.717, 1.165) is 6.42 Å². The van der Waals surface area contributed by atoms with Crippen molar-refractivity contribution in [1.29, 1.82) is 5.26 Å². The van der Waals surface area contributed by atoms with Crippen LogP contribution >= 0.6 is 0 Å². The number of rotatable bonds is 5. The van der Waals surface area contributed by atoms with Gasteiger partial charge < -0.3 is 5.32 Å². The molecule has 0 aliphatic carbocycles. The second-order valence-corrected chi connectivity index (χ2v) is 4.77. The lowest BCUT2D eigenvalue weighted by Crippen LogP contribution is -2.31. The van der Waals surface area contributed by atoms with E-state index in [9.17, 15) is 4.79 Å². The van der Waals surface area contributed by atoms with Crippen molar-refractivity contribution in [3.8, 4) is 6.07 Å². The molecule has 20 heavy (non-hydrogen) atoms. The number of fused-ring (bicyclic) bond motifs is 1. The molecule has 1 amide bonds. The molecule has 0 heterocycles. The van der Waals surface area contributed by atoms with Gasteiger partial charge in [0.25, 0.3) is 0 Å². The van der Waals surface area contributed by atoms with Crippen LogP contribution in [0.1, 0.15) is 18.9 Å². The molecule has 2 aromatic rings. The normalized spacial score (nSPS) is 11.8. The average molecular weight is 266 g/mol. The standard InChI is InChI=1S/C17H18N2O/c1-2-13(12-18)17(20)19-11-10-15-8-5-7-14-6-3-4-9-16(14)15/h3-9,13H,2,10-11H2,1H3,(H,19,20). The summed E-state index contributed by atoms with van der Waals surface area (Å²) in [7, 11) is 0. The van der Waals surface area contributed by atoms with Crippen LogP contribution in [-0.2, 0) is 11.2 Å². The molecule has 0 saturated heterocycles. The van der Waals surface area contributed by atoms with Gasteiger partial charge in [0, 0.05) is 6.54 Å². The molecule has 0 aliphatic rings. The zero-order valence-corrected chi connectivity index (χ0v) is 11.6. The van der Waals surface area contributed by atoms with Gasteiger partial charge in [0.05, 0.1) is 6.07 Å². The van der Waals surface area contributed by atoms with Gasteiger partial charge in [-0.3, -0.25) is 4.79 Å². The van der Waals surface area contributed by atoms with E-state index >= 15 is 0 Å². The molecule has 3 heteroatoms. The first-order valence-electron chi connectivity index (χ1n) is 6.90. The highest BCUT2D eigenvalue weighted by molar-refractivity contribution is 5.85. The molecule has 1 atom stereocenters. The van der Waals surface area contributed by atoms with Crippen LogP contribution in [0.2, 0.25) is 0 Å². The number of benzene rings is 2. The molecule has 2 rings (SSSR count). The van der Waals surface area contributed by atoms with Gasteiger partial charge in [0.1, 0.15) is 5.92 Å². The largest absolute Gasteiger partial charge is 0.355 e. The predicted octanol–water partition coefficient (Wildman–Crippen LogP) is 3.05. The van der Waals surface area contributed by atoms with Gasteiger partial charge in [-0.05, 0) is 29.2 Å². The fourth-order valence-electron chi connectivity index (χ4n) is 2.29. The highest BCUT2D eigenvalue weighted by Gasteiger charge is 2.14. The third-order valence-corrected chi connectivity index (χ3v) is 3.45. The molecule has 0 radical (unpaired) electrons. The number of hydrogen-bond donors (Lipinski definition) is 1. The molecule has 0 aromatic heterocycles. The Hall–Kier alpha value is -2.34. The topological polar surface area (TPSA) is 52.9 Å². The van der Waals surface area contributed by atoms with Gasteiger partial charge in [-0.15, -0.1) is 0 Å². The lowest BCUT2D eigenvalue weighted by Gasteiger charge is -2.09. The monoisotopic (exact) mass is 266 g/mol. The van der Waals surface area contributed by atoms with Crippen molar-refractivity contribution in [2.24, 2.45) is 5.92 Å². The Bertz CT molecular complexity index is 637. The van der Waals surface area contributed by atoms with E-state index in [-0.39, 0.29) is 5.91 Å². The minimum absolute atomic E-state index is 0.171. The van der Waals surface area contributed by atoms with E-state index < -0.39 is 5.92 Å². The quantitative estimate of drug-likeness (QED) is 0.904. The summed E-state index contributed by atoms with van der Waals surface area (Å²) in [6.45, 7) is 2.41. The van der Waals surface area contributed by atoms with E-state index in [2.05, 4.69) is 29.6 Å². The van der Waals surface area contributed by atoms with Gasteiger partial charge in [0.15, 0.2) is 0 Å². The SMILES string of the molecule is CCC(C#N)C(=O)NCCc1cccc2ccccc12. The van der Waals surface area contributed by atoms with Gasteiger partial charge in [-0.25, -0.2) is 0 Å². The number of amides is 1. The second-order valence-electron chi connectivity index (χ2n) is 4.77. The van der Waals surface area contributed by atoms with Crippen molar-refractivity contribution in [2.45, 2.75) is 19.8 Å². The Morgan fingerprint density at radius 1 is 1.25 bits per heavy atom. The molecule has 102 valence electrons. The maximum atomic E-state index is 11.7. The summed E-state index contributed by atoms with van der Waals surface area (Å²) in [6.07, 6.45) is 1.32. The minimum atomic E-state index is -0.539. The zero-order chi connectivity index (χ0) is 14.4. The van der Waals surface area contributed by atoms with Crippen molar-refractivity contribution in [1.82, 2.24) is 5.32 Å². The fraction of sp³-hybridized carbons (Fsp3) is 0.294. The summed E-state index contributed by atoms with van der Waals surface area (Å²) in [5.41, 5.74) is 1.22. The first kappa shape index (κ1) is 14.1. The van der Waals surface area contributed by atoms with Crippen molar-refractivity contribution in [3.63, 3.8) is 0 Å². The first-order valence-corrected chi connectivity index (χ1v) is 6.90. The Morgan fingerprint density at radius 3 is 2.75 bits per heavy atom. The molecule has 0 saturated carbocycles. The molecule has 1 unspecified atom stereocenters. The molecule has 0 spiro atoms. The predicted molar refractivity (Wildman–Crippen MR) is 80.1 cm³/mol. The Labute approximate surface area is 119 Å². The number of nitrogens with one attached hydrogen (secondary N) is 1. The molecular weight excluding hydrogens is 248 g/mol. The molecule has 0 bridgehead atoms. The molecule has 2 aromatic carbocycles. The van der Waals surface area contributed by atoms with Crippen LogP contribution < -0.4 is 5.32 Å². The summed E-state index contributed by atoms with van der Waals surface area (Å²) < 4.78 is 0. The molecule has 0 aliphatic heterocycles. The van der Waals surface area contributed by atoms with Crippen LogP contribution in [0.15, 0.2) is 42.5 Å². The van der Waals surface area contributed by atoms with E-state index in [1.165, 1.54) is 16.3 Å². The van der Waals surface area contributed by atoms with E-state index in [4.69, 9.17) is 5.26 Å². The van der Waals surface area contributed by atoms with Crippen molar-refractivity contribution < 1.29 is 4.79 Å². The Morgan fingerprint density at radius 2 is 2.00 bits per heavy atom. The fourth-order valence-corrected chi connectivity index (χ4v) is 2.29. The summed E-state index contributed by atoms with van der Waals surface area (Å²) in [6, 6.07) is 16.4. The lowest BCUT2D eigenvalue weighted by molar-refractivity contribution is -0.123. The lowest BCUT2D eigenvalue weighted by atomic mass is 10.0. The maximum absolute atomic E-state index is 11.7. The van der Waals surface area contributed by atoms with Crippen molar-refractivity contribution in [3.05, 3.63) is 48.0 Å². The second kappa shape index (κ2) is 6.72. The minimum Gasteiger partial charge on any atom is -0.355 e. The molecule has 0 fully saturated rings.